The van der Waals surface area contributed by atoms with Gasteiger partial charge in [0.05, 0.1) is 35.7 Å². The van der Waals surface area contributed by atoms with Crippen molar-refractivity contribution < 1.29 is 19.1 Å². The Labute approximate surface area is 238 Å². The fourth-order valence-electron chi connectivity index (χ4n) is 6.08. The molecular weight excluding hydrogens is 524 g/mol. The average Bonchev–Trinajstić information content (AvgIpc) is 3.60. The predicted molar refractivity (Wildman–Crippen MR) is 156 cm³/mol. The minimum atomic E-state index is -0.235. The van der Waals surface area contributed by atoms with Gasteiger partial charge < -0.3 is 19.4 Å². The fourth-order valence-corrected chi connectivity index (χ4v) is 6.74. The maximum atomic E-state index is 13.4. The summed E-state index contributed by atoms with van der Waals surface area (Å²) in [5, 5.41) is 3.91. The third-order valence-electron chi connectivity index (χ3n) is 8.18. The monoisotopic (exact) mass is 558 g/mol. The van der Waals surface area contributed by atoms with Crippen molar-refractivity contribution in [3.8, 4) is 5.75 Å². The van der Waals surface area contributed by atoms with Crippen LogP contribution in [0.2, 0.25) is 0 Å². The number of hydrogen-bond acceptors (Lipinski definition) is 7. The largest absolute Gasteiger partial charge is 0.492 e. The first-order valence-electron chi connectivity index (χ1n) is 14.1. The van der Waals surface area contributed by atoms with E-state index in [4.69, 9.17) is 4.74 Å². The SMILES string of the molecule is CCOc1ccccc1N1CCN(C(=O)C2CCN(c3cccc4c3C(=O)N(Cc3ccsc3)C4=O)CC2)CC1. The number of amides is 3. The van der Waals surface area contributed by atoms with E-state index in [-0.39, 0.29) is 30.2 Å². The van der Waals surface area contributed by atoms with Crippen molar-refractivity contribution in [2.45, 2.75) is 26.3 Å². The summed E-state index contributed by atoms with van der Waals surface area (Å²) >= 11 is 1.55. The highest BCUT2D eigenvalue weighted by Gasteiger charge is 2.39. The molecule has 8 nitrogen and oxygen atoms in total. The van der Waals surface area contributed by atoms with Gasteiger partial charge in [-0.3, -0.25) is 19.3 Å². The van der Waals surface area contributed by atoms with Gasteiger partial charge in [0.15, 0.2) is 0 Å². The summed E-state index contributed by atoms with van der Waals surface area (Å²) in [6.45, 7) is 7.22. The molecule has 3 aliphatic heterocycles. The highest BCUT2D eigenvalue weighted by Crippen LogP contribution is 2.35. The van der Waals surface area contributed by atoms with Crippen molar-refractivity contribution >= 4 is 40.4 Å². The lowest BCUT2D eigenvalue weighted by atomic mass is 9.93. The van der Waals surface area contributed by atoms with E-state index >= 15 is 0 Å². The number of para-hydroxylation sites is 2. The number of anilines is 2. The van der Waals surface area contributed by atoms with Crippen LogP contribution in [0.4, 0.5) is 11.4 Å². The summed E-state index contributed by atoms with van der Waals surface area (Å²) in [6.07, 6.45) is 1.47. The van der Waals surface area contributed by atoms with Crippen LogP contribution in [0.1, 0.15) is 46.0 Å². The molecule has 208 valence electrons. The van der Waals surface area contributed by atoms with E-state index in [2.05, 4.69) is 15.9 Å². The van der Waals surface area contributed by atoms with Crippen LogP contribution in [0.3, 0.4) is 0 Å². The number of piperazine rings is 1. The number of carbonyl (C=O) groups excluding carboxylic acids is 3. The van der Waals surface area contributed by atoms with Gasteiger partial charge in [0.1, 0.15) is 5.75 Å². The van der Waals surface area contributed by atoms with Crippen LogP contribution < -0.4 is 14.5 Å². The van der Waals surface area contributed by atoms with Crippen molar-refractivity contribution in [1.29, 1.82) is 0 Å². The number of hydrogen-bond donors (Lipinski definition) is 0. The van der Waals surface area contributed by atoms with E-state index < -0.39 is 0 Å². The number of carbonyl (C=O) groups is 3. The summed E-state index contributed by atoms with van der Waals surface area (Å²) in [5.41, 5.74) is 3.81. The van der Waals surface area contributed by atoms with Gasteiger partial charge in [-0.15, -0.1) is 0 Å². The van der Waals surface area contributed by atoms with Gasteiger partial charge >= 0.3 is 0 Å². The second-order valence-corrected chi connectivity index (χ2v) is 11.3. The van der Waals surface area contributed by atoms with Gasteiger partial charge in [-0.25, -0.2) is 0 Å². The minimum absolute atomic E-state index is 0.0253. The zero-order valence-electron chi connectivity index (χ0n) is 22.8. The molecule has 0 spiro atoms. The van der Waals surface area contributed by atoms with Crippen LogP contribution in [0.15, 0.2) is 59.3 Å². The summed E-state index contributed by atoms with van der Waals surface area (Å²) < 4.78 is 5.81. The summed E-state index contributed by atoms with van der Waals surface area (Å²) in [6, 6.07) is 15.6. The molecule has 0 N–H and O–H groups in total. The van der Waals surface area contributed by atoms with Gasteiger partial charge in [-0.05, 0) is 66.4 Å². The van der Waals surface area contributed by atoms with Crippen LogP contribution in [-0.4, -0.2) is 73.4 Å². The number of piperidine rings is 1. The van der Waals surface area contributed by atoms with Crippen molar-refractivity contribution in [2.24, 2.45) is 5.92 Å². The maximum absolute atomic E-state index is 13.4. The molecule has 3 amide bonds. The highest BCUT2D eigenvalue weighted by atomic mass is 32.1. The Morgan fingerprint density at radius 1 is 0.875 bits per heavy atom. The molecule has 3 aromatic rings. The Kier molecular flexibility index (Phi) is 7.47. The molecule has 9 heteroatoms. The summed E-state index contributed by atoms with van der Waals surface area (Å²) in [7, 11) is 0. The smallest absolute Gasteiger partial charge is 0.263 e. The van der Waals surface area contributed by atoms with E-state index in [0.717, 1.165) is 48.6 Å². The van der Waals surface area contributed by atoms with Crippen molar-refractivity contribution in [2.75, 3.05) is 55.7 Å². The molecule has 0 atom stereocenters. The average molecular weight is 559 g/mol. The lowest BCUT2D eigenvalue weighted by Gasteiger charge is -2.40. The Morgan fingerprint density at radius 3 is 2.33 bits per heavy atom. The molecule has 40 heavy (non-hydrogen) atoms. The molecule has 0 saturated carbocycles. The second-order valence-electron chi connectivity index (χ2n) is 10.5. The standard InChI is InChI=1S/C31H34N4O4S/c1-2-39-27-9-4-3-7-25(27)33-15-17-34(18-16-33)29(36)23-10-13-32(14-11-23)26-8-5-6-24-28(26)31(38)35(30(24)37)20-22-12-19-40-21-22/h3-9,12,19,21,23H,2,10-11,13-18,20H2,1H3. The number of fused-ring (bicyclic) bond motifs is 1. The molecule has 2 aromatic carbocycles. The van der Waals surface area contributed by atoms with Crippen LogP contribution in [-0.2, 0) is 11.3 Å². The quantitative estimate of drug-likeness (QED) is 0.398. The first kappa shape index (κ1) is 26.4. The minimum Gasteiger partial charge on any atom is -0.492 e. The number of thiophene rings is 1. The molecular formula is C31H34N4O4S. The third-order valence-corrected chi connectivity index (χ3v) is 8.91. The first-order chi connectivity index (χ1) is 19.5. The van der Waals surface area contributed by atoms with Crippen LogP contribution in [0.25, 0.3) is 0 Å². The van der Waals surface area contributed by atoms with E-state index in [9.17, 15) is 14.4 Å². The topological polar surface area (TPSA) is 73.4 Å². The molecule has 0 bridgehead atoms. The van der Waals surface area contributed by atoms with E-state index in [1.54, 1.807) is 17.4 Å². The molecule has 0 unspecified atom stereocenters. The van der Waals surface area contributed by atoms with Gasteiger partial charge in [0.2, 0.25) is 5.91 Å². The van der Waals surface area contributed by atoms with Crippen molar-refractivity contribution in [3.63, 3.8) is 0 Å². The first-order valence-corrected chi connectivity index (χ1v) is 15.0. The Morgan fingerprint density at radius 2 is 1.60 bits per heavy atom. The zero-order valence-corrected chi connectivity index (χ0v) is 23.6. The lowest BCUT2D eigenvalue weighted by molar-refractivity contribution is -0.136. The van der Waals surface area contributed by atoms with E-state index in [1.165, 1.54) is 4.90 Å². The predicted octanol–water partition coefficient (Wildman–Crippen LogP) is 4.51. The molecule has 2 fully saturated rings. The summed E-state index contributed by atoms with van der Waals surface area (Å²) in [5.74, 6) is 0.621. The van der Waals surface area contributed by atoms with Gasteiger partial charge in [0.25, 0.3) is 11.8 Å². The van der Waals surface area contributed by atoms with Gasteiger partial charge in [0, 0.05) is 45.2 Å². The zero-order chi connectivity index (χ0) is 27.6. The fraction of sp³-hybridized carbons (Fsp3) is 0.387. The van der Waals surface area contributed by atoms with Crippen LogP contribution in [0, 0.1) is 5.92 Å². The van der Waals surface area contributed by atoms with Crippen LogP contribution >= 0.6 is 11.3 Å². The van der Waals surface area contributed by atoms with Crippen LogP contribution in [0.5, 0.6) is 5.75 Å². The molecule has 2 saturated heterocycles. The lowest BCUT2D eigenvalue weighted by Crippen LogP contribution is -2.51. The molecule has 0 radical (unpaired) electrons. The number of rotatable bonds is 7. The number of imide groups is 1. The second kappa shape index (κ2) is 11.3. The molecule has 6 rings (SSSR count). The number of nitrogens with zero attached hydrogens (tertiary/aromatic N) is 4. The third kappa shape index (κ3) is 4.94. The van der Waals surface area contributed by atoms with Gasteiger partial charge in [-0.1, -0.05) is 18.2 Å². The Hall–Kier alpha value is -3.85. The van der Waals surface area contributed by atoms with Crippen molar-refractivity contribution in [1.82, 2.24) is 9.80 Å². The molecule has 0 aliphatic carbocycles. The maximum Gasteiger partial charge on any atom is 0.263 e. The Balaban J connectivity index is 1.07. The van der Waals surface area contributed by atoms with E-state index in [1.807, 2.05) is 59.0 Å². The molecule has 4 heterocycles. The highest BCUT2D eigenvalue weighted by molar-refractivity contribution is 7.07. The Bertz CT molecular complexity index is 1390. The van der Waals surface area contributed by atoms with E-state index in [0.29, 0.717) is 43.9 Å². The molecule has 3 aliphatic rings. The summed E-state index contributed by atoms with van der Waals surface area (Å²) in [4.78, 5) is 47.7. The normalized spacial score (nSPS) is 17.9. The van der Waals surface area contributed by atoms with Gasteiger partial charge in [-0.2, -0.15) is 11.3 Å². The molecule has 1 aromatic heterocycles. The number of benzene rings is 2. The number of ether oxygens (including phenoxy) is 1. The van der Waals surface area contributed by atoms with Crippen molar-refractivity contribution in [3.05, 3.63) is 76.0 Å².